The summed E-state index contributed by atoms with van der Waals surface area (Å²) >= 11 is 0. The smallest absolute Gasteiger partial charge is 0.128 e. The largest absolute Gasteiger partial charge is 0.367 e. The Morgan fingerprint density at radius 1 is 1.53 bits per heavy atom. The molecule has 1 fully saturated rings. The van der Waals surface area contributed by atoms with E-state index in [2.05, 4.69) is 24.3 Å². The first-order chi connectivity index (χ1) is 7.93. The molecule has 0 aromatic carbocycles. The predicted molar refractivity (Wildman–Crippen MR) is 70.9 cm³/mol. The maximum Gasteiger partial charge on any atom is 0.128 e. The Balaban J connectivity index is 2.14. The predicted octanol–water partition coefficient (Wildman–Crippen LogP) is 2.18. The van der Waals surface area contributed by atoms with E-state index < -0.39 is 0 Å². The fraction of sp³-hybridized carbons (Fsp3) is 0.769. The van der Waals surface area contributed by atoms with E-state index in [9.17, 15) is 0 Å². The van der Waals surface area contributed by atoms with Gasteiger partial charge in [-0.1, -0.05) is 13.8 Å². The van der Waals surface area contributed by atoms with E-state index in [1.54, 1.807) is 0 Å². The lowest BCUT2D eigenvalue weighted by atomic mass is 9.92. The minimum absolute atomic E-state index is 0.466. The molecule has 0 aliphatic heterocycles. The maximum atomic E-state index is 5.80. The van der Waals surface area contributed by atoms with Crippen LogP contribution in [0.4, 0.5) is 5.82 Å². The van der Waals surface area contributed by atoms with Crippen LogP contribution in [-0.2, 0) is 13.6 Å². The van der Waals surface area contributed by atoms with Gasteiger partial charge in [-0.25, -0.2) is 0 Å². The summed E-state index contributed by atoms with van der Waals surface area (Å²) in [5, 5.41) is 8.06. The Bertz CT molecular complexity index is 406. The zero-order valence-corrected chi connectivity index (χ0v) is 11.4. The minimum Gasteiger partial charge on any atom is -0.367 e. The van der Waals surface area contributed by atoms with Gasteiger partial charge in [0.2, 0.25) is 0 Å². The molecule has 0 saturated heterocycles. The monoisotopic (exact) mass is 236 g/mol. The van der Waals surface area contributed by atoms with Gasteiger partial charge in [-0.05, 0) is 31.6 Å². The molecular weight excluding hydrogens is 212 g/mol. The third kappa shape index (κ3) is 2.46. The number of rotatable bonds is 3. The molecule has 1 aromatic heterocycles. The van der Waals surface area contributed by atoms with Crippen molar-refractivity contribution in [1.29, 1.82) is 0 Å². The normalized spacial score (nSPS) is 23.0. The van der Waals surface area contributed by atoms with Crippen LogP contribution in [0.25, 0.3) is 0 Å². The summed E-state index contributed by atoms with van der Waals surface area (Å²) in [6.45, 7) is 7.25. The Morgan fingerprint density at radius 2 is 2.24 bits per heavy atom. The Labute approximate surface area is 104 Å². The molecular formula is C13H24N4. The van der Waals surface area contributed by atoms with Crippen LogP contribution in [0.15, 0.2) is 0 Å². The number of nitrogens with two attached hydrogens (primary N) is 1. The summed E-state index contributed by atoms with van der Waals surface area (Å²) in [4.78, 5) is 0. The second-order valence-electron chi connectivity index (χ2n) is 5.99. The zero-order valence-electron chi connectivity index (χ0n) is 11.4. The van der Waals surface area contributed by atoms with Crippen molar-refractivity contribution in [2.45, 2.75) is 52.6 Å². The van der Waals surface area contributed by atoms with Gasteiger partial charge in [-0.2, -0.15) is 5.10 Å². The second-order valence-corrected chi connectivity index (χ2v) is 5.99. The molecule has 0 amide bonds. The van der Waals surface area contributed by atoms with Gasteiger partial charge in [0.25, 0.3) is 0 Å². The van der Waals surface area contributed by atoms with Gasteiger partial charge in [0.1, 0.15) is 5.82 Å². The quantitative estimate of drug-likeness (QED) is 0.845. The SMILES string of the molecule is Cc1nn(C)c(NC2CCC(C)(C)C2)c1CN. The highest BCUT2D eigenvalue weighted by atomic mass is 15.3. The van der Waals surface area contributed by atoms with Crippen LogP contribution in [0.2, 0.25) is 0 Å². The van der Waals surface area contributed by atoms with Crippen molar-refractivity contribution in [2.75, 3.05) is 5.32 Å². The fourth-order valence-electron chi connectivity index (χ4n) is 2.88. The van der Waals surface area contributed by atoms with E-state index in [4.69, 9.17) is 5.73 Å². The van der Waals surface area contributed by atoms with Crippen LogP contribution < -0.4 is 11.1 Å². The van der Waals surface area contributed by atoms with Crippen LogP contribution in [0.3, 0.4) is 0 Å². The number of nitrogens with one attached hydrogen (secondary N) is 1. The standard InChI is InChI=1S/C13H24N4/c1-9-11(8-14)12(17(4)16-9)15-10-5-6-13(2,3)7-10/h10,15H,5-8,14H2,1-4H3. The number of hydrogen-bond acceptors (Lipinski definition) is 3. The molecule has 1 aliphatic rings. The van der Waals surface area contributed by atoms with E-state index in [0.29, 0.717) is 18.0 Å². The molecule has 3 N–H and O–H groups in total. The van der Waals surface area contributed by atoms with Crippen molar-refractivity contribution in [2.24, 2.45) is 18.2 Å². The molecule has 1 unspecified atom stereocenters. The third-order valence-corrected chi connectivity index (χ3v) is 3.86. The van der Waals surface area contributed by atoms with E-state index in [0.717, 1.165) is 17.1 Å². The van der Waals surface area contributed by atoms with Gasteiger partial charge >= 0.3 is 0 Å². The van der Waals surface area contributed by atoms with Crippen LogP contribution in [-0.4, -0.2) is 15.8 Å². The van der Waals surface area contributed by atoms with Crippen molar-refractivity contribution in [3.8, 4) is 0 Å². The van der Waals surface area contributed by atoms with E-state index in [1.807, 2.05) is 18.7 Å². The van der Waals surface area contributed by atoms with Crippen LogP contribution >= 0.6 is 0 Å². The highest BCUT2D eigenvalue weighted by molar-refractivity contribution is 5.48. The van der Waals surface area contributed by atoms with Crippen LogP contribution in [0, 0.1) is 12.3 Å². The molecule has 4 nitrogen and oxygen atoms in total. The number of nitrogens with zero attached hydrogens (tertiary/aromatic N) is 2. The molecule has 1 aromatic rings. The molecule has 4 heteroatoms. The average molecular weight is 236 g/mol. The van der Waals surface area contributed by atoms with Crippen molar-refractivity contribution in [3.05, 3.63) is 11.3 Å². The molecule has 0 radical (unpaired) electrons. The van der Waals surface area contributed by atoms with Crippen molar-refractivity contribution < 1.29 is 0 Å². The maximum absolute atomic E-state index is 5.80. The second kappa shape index (κ2) is 4.33. The minimum atomic E-state index is 0.466. The lowest BCUT2D eigenvalue weighted by Crippen LogP contribution is -2.20. The zero-order chi connectivity index (χ0) is 12.6. The summed E-state index contributed by atoms with van der Waals surface area (Å²) in [5.41, 5.74) is 8.45. The first-order valence-electron chi connectivity index (χ1n) is 6.42. The number of hydrogen-bond donors (Lipinski definition) is 2. The summed E-state index contributed by atoms with van der Waals surface area (Å²) in [6.07, 6.45) is 3.75. The van der Waals surface area contributed by atoms with Crippen molar-refractivity contribution in [3.63, 3.8) is 0 Å². The Morgan fingerprint density at radius 3 is 2.76 bits per heavy atom. The summed E-state index contributed by atoms with van der Waals surface area (Å²) in [6, 6.07) is 0.560. The number of aryl methyl sites for hydroxylation is 2. The first-order valence-corrected chi connectivity index (χ1v) is 6.42. The van der Waals surface area contributed by atoms with Gasteiger partial charge in [-0.15, -0.1) is 0 Å². The van der Waals surface area contributed by atoms with Gasteiger partial charge < -0.3 is 11.1 Å². The molecule has 17 heavy (non-hydrogen) atoms. The molecule has 1 aliphatic carbocycles. The number of anilines is 1. The van der Waals surface area contributed by atoms with Gasteiger partial charge in [0.05, 0.1) is 5.69 Å². The molecule has 1 atom stereocenters. The van der Waals surface area contributed by atoms with Gasteiger partial charge in [0, 0.05) is 25.2 Å². The Kier molecular flexibility index (Phi) is 3.17. The third-order valence-electron chi connectivity index (χ3n) is 3.86. The highest BCUT2D eigenvalue weighted by Crippen LogP contribution is 2.38. The fourth-order valence-corrected chi connectivity index (χ4v) is 2.88. The lowest BCUT2D eigenvalue weighted by Gasteiger charge is -2.19. The molecule has 96 valence electrons. The van der Waals surface area contributed by atoms with E-state index >= 15 is 0 Å². The molecule has 1 heterocycles. The van der Waals surface area contributed by atoms with Crippen LogP contribution in [0.5, 0.6) is 0 Å². The van der Waals surface area contributed by atoms with Crippen molar-refractivity contribution >= 4 is 5.82 Å². The molecule has 0 spiro atoms. The van der Waals surface area contributed by atoms with Crippen molar-refractivity contribution in [1.82, 2.24) is 9.78 Å². The molecule has 1 saturated carbocycles. The van der Waals surface area contributed by atoms with Gasteiger partial charge in [0.15, 0.2) is 0 Å². The summed E-state index contributed by atoms with van der Waals surface area (Å²) in [5.74, 6) is 1.10. The Hall–Kier alpha value is -1.03. The van der Waals surface area contributed by atoms with E-state index in [1.165, 1.54) is 19.3 Å². The van der Waals surface area contributed by atoms with Gasteiger partial charge in [-0.3, -0.25) is 4.68 Å². The van der Waals surface area contributed by atoms with Crippen LogP contribution in [0.1, 0.15) is 44.4 Å². The highest BCUT2D eigenvalue weighted by Gasteiger charge is 2.31. The lowest BCUT2D eigenvalue weighted by molar-refractivity contribution is 0.378. The topological polar surface area (TPSA) is 55.9 Å². The summed E-state index contributed by atoms with van der Waals surface area (Å²) < 4.78 is 1.92. The first kappa shape index (κ1) is 12.4. The van der Waals surface area contributed by atoms with E-state index in [-0.39, 0.29) is 0 Å². The molecule has 2 rings (SSSR count). The number of aromatic nitrogens is 2. The molecule has 0 bridgehead atoms. The average Bonchev–Trinajstić information content (AvgIpc) is 2.69. The summed E-state index contributed by atoms with van der Waals surface area (Å²) in [7, 11) is 1.98.